The van der Waals surface area contributed by atoms with Crippen LogP contribution >= 0.6 is 22.7 Å². The van der Waals surface area contributed by atoms with Crippen molar-refractivity contribution < 1.29 is 0 Å². The van der Waals surface area contributed by atoms with E-state index in [9.17, 15) is 0 Å². The largest absolute Gasteiger partial charge is 0.309 e. The maximum Gasteiger partial charge on any atom is 0.235 e. The fraction of sp³-hybridized carbons (Fsp3) is 0. The van der Waals surface area contributed by atoms with Gasteiger partial charge in [0.05, 0.1) is 33.3 Å². The van der Waals surface area contributed by atoms with Gasteiger partial charge in [0.1, 0.15) is 0 Å². The van der Waals surface area contributed by atoms with Crippen molar-refractivity contribution in [2.45, 2.75) is 0 Å². The van der Waals surface area contributed by atoms with E-state index in [1.165, 1.54) is 78.5 Å². The summed E-state index contributed by atoms with van der Waals surface area (Å²) in [5.74, 6) is 0.655. The number of para-hydroxylation sites is 3. The minimum absolute atomic E-state index is 0.655. The Kier molecular flexibility index (Phi) is 7.11. The fourth-order valence-corrected chi connectivity index (χ4v) is 12.5. The molecule has 0 radical (unpaired) electrons. The highest BCUT2D eigenvalue weighted by Crippen LogP contribution is 2.46. The van der Waals surface area contributed by atoms with Crippen LogP contribution in [-0.2, 0) is 0 Å². The molecule has 14 aromatic rings. The van der Waals surface area contributed by atoms with E-state index in [1.54, 1.807) is 0 Å². The molecule has 5 aromatic heterocycles. The van der Waals surface area contributed by atoms with Gasteiger partial charge in [-0.3, -0.25) is 4.57 Å². The third-order valence-electron chi connectivity index (χ3n) is 12.7. The zero-order chi connectivity index (χ0) is 40.5. The zero-order valence-corrected chi connectivity index (χ0v) is 34.7. The van der Waals surface area contributed by atoms with Crippen molar-refractivity contribution in [1.82, 2.24) is 19.1 Å². The molecular weight excluding hydrogens is 793 g/mol. The number of aromatic nitrogens is 4. The van der Waals surface area contributed by atoms with Gasteiger partial charge in [-0.15, -0.1) is 22.7 Å². The second-order valence-electron chi connectivity index (χ2n) is 16.1. The van der Waals surface area contributed by atoms with Crippen LogP contribution in [-0.4, -0.2) is 19.1 Å². The molecule has 0 aliphatic heterocycles. The lowest BCUT2D eigenvalue weighted by atomic mass is 10.00. The topological polar surface area (TPSA) is 35.6 Å². The van der Waals surface area contributed by atoms with E-state index in [-0.39, 0.29) is 0 Å². The first-order valence-electron chi connectivity index (χ1n) is 20.9. The van der Waals surface area contributed by atoms with E-state index in [0.717, 1.165) is 44.4 Å². The summed E-state index contributed by atoms with van der Waals surface area (Å²) in [7, 11) is 0. The molecule has 62 heavy (non-hydrogen) atoms. The van der Waals surface area contributed by atoms with Gasteiger partial charge in [0.2, 0.25) is 5.95 Å². The summed E-state index contributed by atoms with van der Waals surface area (Å²) in [6.45, 7) is 0. The predicted octanol–water partition coefficient (Wildman–Crippen LogP) is 15.9. The third kappa shape index (κ3) is 4.82. The molecule has 9 aromatic carbocycles. The van der Waals surface area contributed by atoms with Gasteiger partial charge in [0, 0.05) is 78.5 Å². The van der Waals surface area contributed by atoms with Crippen LogP contribution in [0, 0.1) is 0 Å². The maximum absolute atomic E-state index is 5.59. The SMILES string of the molecule is c1ccc(-n2c3ccccc3c3ccc(-c4nc(-n5c6ccc(-c7cccc8c7sc7ccccc78)cc6c6c7sc8ccccc8c7ccc65)nc5ccccc45)cc32)cc1. The van der Waals surface area contributed by atoms with Gasteiger partial charge in [-0.2, -0.15) is 0 Å². The zero-order valence-electron chi connectivity index (χ0n) is 33.1. The molecule has 4 nitrogen and oxygen atoms in total. The first-order chi connectivity index (χ1) is 30.7. The summed E-state index contributed by atoms with van der Waals surface area (Å²) < 4.78 is 9.87. The Morgan fingerprint density at radius 3 is 1.81 bits per heavy atom. The highest BCUT2D eigenvalue weighted by Gasteiger charge is 2.22. The van der Waals surface area contributed by atoms with Crippen molar-refractivity contribution in [3.63, 3.8) is 0 Å². The summed E-state index contributed by atoms with van der Waals surface area (Å²) in [5, 5.41) is 11.1. The van der Waals surface area contributed by atoms with Gasteiger partial charge in [0.25, 0.3) is 0 Å². The van der Waals surface area contributed by atoms with Crippen molar-refractivity contribution >= 4 is 118 Å². The lowest BCUT2D eigenvalue weighted by molar-refractivity contribution is 1.01. The van der Waals surface area contributed by atoms with Crippen LogP contribution in [0.5, 0.6) is 0 Å². The molecular formula is C56H32N4S2. The number of benzene rings is 9. The van der Waals surface area contributed by atoms with Crippen molar-refractivity contribution in [2.24, 2.45) is 0 Å². The van der Waals surface area contributed by atoms with Crippen molar-refractivity contribution in [3.8, 4) is 34.0 Å². The third-order valence-corrected chi connectivity index (χ3v) is 15.2. The second kappa shape index (κ2) is 12.9. The summed E-state index contributed by atoms with van der Waals surface area (Å²) in [6, 6.07) is 70.4. The van der Waals surface area contributed by atoms with Crippen LogP contribution in [0.15, 0.2) is 194 Å². The molecule has 0 bridgehead atoms. The number of fused-ring (bicyclic) bond motifs is 14. The number of hydrogen-bond donors (Lipinski definition) is 0. The Hall–Kier alpha value is -7.64. The van der Waals surface area contributed by atoms with Crippen LogP contribution in [0.3, 0.4) is 0 Å². The predicted molar refractivity (Wildman–Crippen MR) is 265 cm³/mol. The highest BCUT2D eigenvalue weighted by molar-refractivity contribution is 7.27. The van der Waals surface area contributed by atoms with Crippen LogP contribution in [0.4, 0.5) is 0 Å². The minimum Gasteiger partial charge on any atom is -0.309 e. The number of nitrogens with zero attached hydrogens (tertiary/aromatic N) is 4. The standard InChI is InChI=1S/C56H32N4S2/c1-2-13-35(14-3-1)59-46-22-9-5-15-37(46)38-27-25-34(32-49(38)59)53-43-18-4-8-21-45(43)57-56(58-53)60-47-29-26-33(36-19-12-20-41-39-16-6-10-23-50(39)61-54(36)41)31-44(47)52-48(60)30-28-42-40-17-7-11-24-51(40)62-55(42)52/h1-32H. The molecule has 0 amide bonds. The Bertz CT molecular complexity index is 4170. The summed E-state index contributed by atoms with van der Waals surface area (Å²) in [6.07, 6.45) is 0. The molecule has 0 aliphatic carbocycles. The molecule has 0 spiro atoms. The van der Waals surface area contributed by atoms with Gasteiger partial charge in [-0.05, 0) is 71.8 Å². The van der Waals surface area contributed by atoms with E-state index in [1.807, 2.05) is 22.7 Å². The lowest BCUT2D eigenvalue weighted by Crippen LogP contribution is -2.03. The lowest BCUT2D eigenvalue weighted by Gasteiger charge is -2.13. The Morgan fingerprint density at radius 2 is 0.968 bits per heavy atom. The molecule has 5 heterocycles. The number of hydrogen-bond acceptors (Lipinski definition) is 4. The average Bonchev–Trinajstić information content (AvgIpc) is 4.08. The monoisotopic (exact) mass is 824 g/mol. The number of rotatable bonds is 4. The minimum atomic E-state index is 0.655. The second-order valence-corrected chi connectivity index (χ2v) is 18.2. The summed E-state index contributed by atoms with van der Waals surface area (Å²) >= 11 is 3.75. The molecule has 0 aliphatic rings. The van der Waals surface area contributed by atoms with Gasteiger partial charge in [-0.1, -0.05) is 133 Å². The fourth-order valence-electron chi connectivity index (χ4n) is 10.0. The average molecular weight is 825 g/mol. The van der Waals surface area contributed by atoms with E-state index >= 15 is 0 Å². The van der Waals surface area contributed by atoms with Crippen LogP contribution in [0.2, 0.25) is 0 Å². The molecule has 0 saturated heterocycles. The first kappa shape index (κ1) is 34.1. The smallest absolute Gasteiger partial charge is 0.235 e. The van der Waals surface area contributed by atoms with Crippen LogP contribution in [0.1, 0.15) is 0 Å². The van der Waals surface area contributed by atoms with Crippen molar-refractivity contribution in [3.05, 3.63) is 194 Å². The molecule has 288 valence electrons. The molecule has 0 atom stereocenters. The summed E-state index contributed by atoms with van der Waals surface area (Å²) in [5.41, 5.74) is 10.9. The van der Waals surface area contributed by atoms with Gasteiger partial charge < -0.3 is 4.57 Å². The molecule has 0 unspecified atom stereocenters. The Balaban J connectivity index is 1.05. The first-order valence-corrected chi connectivity index (χ1v) is 22.5. The Morgan fingerprint density at radius 1 is 0.355 bits per heavy atom. The van der Waals surface area contributed by atoms with E-state index in [0.29, 0.717) is 5.95 Å². The van der Waals surface area contributed by atoms with Crippen LogP contribution in [0.25, 0.3) is 129 Å². The van der Waals surface area contributed by atoms with E-state index < -0.39 is 0 Å². The Labute approximate surface area is 362 Å². The molecule has 6 heteroatoms. The van der Waals surface area contributed by atoms with Gasteiger partial charge >= 0.3 is 0 Å². The quantitative estimate of drug-likeness (QED) is 0.177. The van der Waals surface area contributed by atoms with Gasteiger partial charge in [-0.25, -0.2) is 9.97 Å². The maximum atomic E-state index is 5.59. The molecule has 0 fully saturated rings. The van der Waals surface area contributed by atoms with Gasteiger partial charge in [0.15, 0.2) is 0 Å². The normalized spacial score (nSPS) is 12.2. The highest BCUT2D eigenvalue weighted by atomic mass is 32.1. The van der Waals surface area contributed by atoms with Crippen molar-refractivity contribution in [1.29, 1.82) is 0 Å². The van der Waals surface area contributed by atoms with Crippen molar-refractivity contribution in [2.75, 3.05) is 0 Å². The molecule has 14 rings (SSSR count). The van der Waals surface area contributed by atoms with E-state index in [4.69, 9.17) is 9.97 Å². The summed E-state index contributed by atoms with van der Waals surface area (Å²) in [4.78, 5) is 11.0. The number of thiophene rings is 2. The van der Waals surface area contributed by atoms with Crippen LogP contribution < -0.4 is 0 Å². The molecule has 0 saturated carbocycles. The van der Waals surface area contributed by atoms with E-state index in [2.05, 4.69) is 203 Å². The molecule has 0 N–H and O–H groups in total.